The molecule has 0 saturated carbocycles. The lowest BCUT2D eigenvalue weighted by atomic mass is 9.97. The number of carbonyl (C=O) groups is 1. The summed E-state index contributed by atoms with van der Waals surface area (Å²) < 4.78 is 15.3. The van der Waals surface area contributed by atoms with Gasteiger partial charge in [-0.2, -0.15) is 0 Å². The smallest absolute Gasteiger partial charge is 0.330 e. The van der Waals surface area contributed by atoms with E-state index in [-0.39, 0.29) is 30.2 Å². The third-order valence-corrected chi connectivity index (χ3v) is 6.38. The van der Waals surface area contributed by atoms with E-state index in [1.54, 1.807) is 6.92 Å². The molecule has 0 atom stereocenters. The zero-order valence-corrected chi connectivity index (χ0v) is 19.7. The minimum atomic E-state index is -0.753. The molecule has 8 heteroatoms. The molecule has 0 unspecified atom stereocenters. The van der Waals surface area contributed by atoms with Crippen molar-refractivity contribution in [1.82, 2.24) is 9.55 Å². The Morgan fingerprint density at radius 1 is 1.14 bits per heavy atom. The van der Waals surface area contributed by atoms with Gasteiger partial charge in [0.05, 0.1) is 6.54 Å². The number of anilines is 2. The van der Waals surface area contributed by atoms with Crippen LogP contribution >= 0.6 is 0 Å². The number of allylic oxidation sites excluding steroid dienone is 1. The SMILES string of the molecule is Cc1ccc(F)cc1C(=O)N(CCC1=CCCCC1)c1c(N)n(Cc2ccccc2)c(=O)[nH]c1=O. The first kappa shape index (κ1) is 24.2. The highest BCUT2D eigenvalue weighted by atomic mass is 19.1. The predicted octanol–water partition coefficient (Wildman–Crippen LogP) is 4.15. The molecule has 35 heavy (non-hydrogen) atoms. The van der Waals surface area contributed by atoms with Gasteiger partial charge in [0.25, 0.3) is 11.5 Å². The van der Waals surface area contributed by atoms with Crippen LogP contribution < -0.4 is 21.9 Å². The summed E-state index contributed by atoms with van der Waals surface area (Å²) in [5, 5.41) is 0. The number of nitrogens with one attached hydrogen (secondary N) is 1. The van der Waals surface area contributed by atoms with E-state index in [1.807, 2.05) is 30.3 Å². The van der Waals surface area contributed by atoms with Crippen LogP contribution in [-0.2, 0) is 6.54 Å². The molecule has 0 radical (unpaired) electrons. The first-order chi connectivity index (χ1) is 16.8. The van der Waals surface area contributed by atoms with Crippen LogP contribution in [0.25, 0.3) is 0 Å². The second kappa shape index (κ2) is 10.5. The lowest BCUT2D eigenvalue weighted by molar-refractivity contribution is 0.0985. The molecule has 0 spiro atoms. The van der Waals surface area contributed by atoms with Crippen LogP contribution in [0.5, 0.6) is 0 Å². The van der Waals surface area contributed by atoms with Crippen molar-refractivity contribution >= 4 is 17.4 Å². The third-order valence-electron chi connectivity index (χ3n) is 6.38. The Balaban J connectivity index is 1.80. The summed E-state index contributed by atoms with van der Waals surface area (Å²) in [6.45, 7) is 2.01. The molecule has 1 heterocycles. The number of carbonyl (C=O) groups excluding carboxylic acids is 1. The normalized spacial score (nSPS) is 13.4. The zero-order chi connectivity index (χ0) is 24.9. The summed E-state index contributed by atoms with van der Waals surface area (Å²) in [5.74, 6) is -1.20. The molecule has 0 fully saturated rings. The molecule has 1 aliphatic carbocycles. The maximum atomic E-state index is 14.1. The summed E-state index contributed by atoms with van der Waals surface area (Å²) in [6.07, 6.45) is 6.84. The number of aromatic amines is 1. The summed E-state index contributed by atoms with van der Waals surface area (Å²) >= 11 is 0. The average molecular weight is 477 g/mol. The standard InChI is InChI=1S/C27H29FN4O3/c1-18-12-13-21(28)16-22(18)26(34)31(15-14-19-8-4-2-5-9-19)23-24(29)32(27(35)30-25(23)33)17-20-10-6-3-7-11-20/h3,6-8,10-13,16H,2,4-5,9,14-15,17,29H2,1H3,(H,30,33,35). The summed E-state index contributed by atoms with van der Waals surface area (Å²) in [6, 6.07) is 13.2. The van der Waals surface area contributed by atoms with E-state index in [4.69, 9.17) is 5.73 Å². The number of H-pyrrole nitrogens is 1. The van der Waals surface area contributed by atoms with Gasteiger partial charge in [-0.3, -0.25) is 19.1 Å². The summed E-state index contributed by atoms with van der Waals surface area (Å²) in [5.41, 5.74) is 7.60. The van der Waals surface area contributed by atoms with E-state index in [9.17, 15) is 18.8 Å². The molecular formula is C27H29FN4O3. The molecule has 0 aliphatic heterocycles. The van der Waals surface area contributed by atoms with Crippen molar-refractivity contribution < 1.29 is 9.18 Å². The molecular weight excluding hydrogens is 447 g/mol. The molecule has 7 nitrogen and oxygen atoms in total. The van der Waals surface area contributed by atoms with Gasteiger partial charge in [0.15, 0.2) is 5.69 Å². The van der Waals surface area contributed by atoms with Crippen LogP contribution in [0.4, 0.5) is 15.9 Å². The number of hydrogen-bond acceptors (Lipinski definition) is 4. The second-order valence-electron chi connectivity index (χ2n) is 8.84. The Morgan fingerprint density at radius 2 is 1.91 bits per heavy atom. The monoisotopic (exact) mass is 476 g/mol. The number of aryl methyl sites for hydroxylation is 1. The van der Waals surface area contributed by atoms with E-state index in [0.29, 0.717) is 12.0 Å². The molecule has 3 aromatic rings. The van der Waals surface area contributed by atoms with Crippen LogP contribution in [0.3, 0.4) is 0 Å². The maximum absolute atomic E-state index is 14.1. The highest BCUT2D eigenvalue weighted by molar-refractivity contribution is 6.08. The van der Waals surface area contributed by atoms with Crippen molar-refractivity contribution in [3.8, 4) is 0 Å². The summed E-state index contributed by atoms with van der Waals surface area (Å²) in [7, 11) is 0. The van der Waals surface area contributed by atoms with E-state index >= 15 is 0 Å². The zero-order valence-electron chi connectivity index (χ0n) is 19.7. The minimum Gasteiger partial charge on any atom is -0.383 e. The second-order valence-corrected chi connectivity index (χ2v) is 8.84. The van der Waals surface area contributed by atoms with Crippen LogP contribution in [-0.4, -0.2) is 22.0 Å². The fourth-order valence-corrected chi connectivity index (χ4v) is 4.43. The van der Waals surface area contributed by atoms with Gasteiger partial charge < -0.3 is 10.6 Å². The largest absolute Gasteiger partial charge is 0.383 e. The highest BCUT2D eigenvalue weighted by Gasteiger charge is 2.27. The quantitative estimate of drug-likeness (QED) is 0.500. The van der Waals surface area contributed by atoms with Crippen LogP contribution in [0, 0.1) is 12.7 Å². The number of benzene rings is 2. The van der Waals surface area contributed by atoms with Gasteiger partial charge in [-0.05, 0) is 62.3 Å². The number of aromatic nitrogens is 2. The van der Waals surface area contributed by atoms with E-state index in [1.165, 1.54) is 27.2 Å². The van der Waals surface area contributed by atoms with E-state index < -0.39 is 23.0 Å². The van der Waals surface area contributed by atoms with Crippen LogP contribution in [0.2, 0.25) is 0 Å². The lowest BCUT2D eigenvalue weighted by Gasteiger charge is -2.26. The Morgan fingerprint density at radius 3 is 2.63 bits per heavy atom. The number of nitrogens with zero attached hydrogens (tertiary/aromatic N) is 2. The van der Waals surface area contributed by atoms with Crippen molar-refractivity contribution in [2.24, 2.45) is 0 Å². The Labute approximate surface area is 202 Å². The molecule has 4 rings (SSSR count). The lowest BCUT2D eigenvalue weighted by Crippen LogP contribution is -2.42. The van der Waals surface area contributed by atoms with Crippen molar-refractivity contribution in [3.63, 3.8) is 0 Å². The van der Waals surface area contributed by atoms with E-state index in [0.717, 1.165) is 37.3 Å². The predicted molar refractivity (Wildman–Crippen MR) is 135 cm³/mol. The Kier molecular flexibility index (Phi) is 7.29. The third kappa shape index (κ3) is 5.42. The summed E-state index contributed by atoms with van der Waals surface area (Å²) in [4.78, 5) is 43.0. The molecule has 3 N–H and O–H groups in total. The number of hydrogen-bond donors (Lipinski definition) is 2. The fourth-order valence-electron chi connectivity index (χ4n) is 4.43. The maximum Gasteiger partial charge on any atom is 0.330 e. The minimum absolute atomic E-state index is 0.106. The molecule has 182 valence electrons. The van der Waals surface area contributed by atoms with Gasteiger partial charge >= 0.3 is 5.69 Å². The van der Waals surface area contributed by atoms with E-state index in [2.05, 4.69) is 11.1 Å². The van der Waals surface area contributed by atoms with Crippen LogP contribution in [0.1, 0.15) is 53.6 Å². The number of nitrogen functional groups attached to an aromatic ring is 1. The molecule has 0 saturated heterocycles. The van der Waals surface area contributed by atoms with Gasteiger partial charge in [-0.25, -0.2) is 9.18 Å². The number of rotatable bonds is 7. The van der Waals surface area contributed by atoms with Gasteiger partial charge in [0.2, 0.25) is 0 Å². The number of amides is 1. The first-order valence-electron chi connectivity index (χ1n) is 11.8. The van der Waals surface area contributed by atoms with Gasteiger partial charge in [-0.1, -0.05) is 48.0 Å². The van der Waals surface area contributed by atoms with Gasteiger partial charge in [-0.15, -0.1) is 0 Å². The van der Waals surface area contributed by atoms with Gasteiger partial charge in [0.1, 0.15) is 11.6 Å². The van der Waals surface area contributed by atoms with Crippen molar-refractivity contribution in [1.29, 1.82) is 0 Å². The molecule has 2 aromatic carbocycles. The highest BCUT2D eigenvalue weighted by Crippen LogP contribution is 2.25. The number of halogens is 1. The topological polar surface area (TPSA) is 101 Å². The van der Waals surface area contributed by atoms with Crippen molar-refractivity contribution in [2.75, 3.05) is 17.2 Å². The Hall–Kier alpha value is -3.94. The molecule has 1 aliphatic rings. The fraction of sp³-hybridized carbons (Fsp3) is 0.296. The van der Waals surface area contributed by atoms with Gasteiger partial charge in [0, 0.05) is 12.1 Å². The van der Waals surface area contributed by atoms with Crippen molar-refractivity contribution in [3.05, 3.63) is 104 Å². The molecule has 0 bridgehead atoms. The van der Waals surface area contributed by atoms with Crippen molar-refractivity contribution in [2.45, 2.75) is 45.6 Å². The van der Waals surface area contributed by atoms with Crippen LogP contribution in [0.15, 0.2) is 69.8 Å². The average Bonchev–Trinajstić information content (AvgIpc) is 2.86. The first-order valence-corrected chi connectivity index (χ1v) is 11.8. The molecule has 1 amide bonds. The number of nitrogens with two attached hydrogens (primary N) is 1. The molecule has 1 aromatic heterocycles. The Bertz CT molecular complexity index is 1380.